The number of hydrogen-bond acceptors (Lipinski definition) is 2. The highest BCUT2D eigenvalue weighted by Crippen LogP contribution is 2.35. The molecule has 1 aromatic carbocycles. The van der Waals surface area contributed by atoms with E-state index in [-0.39, 0.29) is 5.56 Å². The van der Waals surface area contributed by atoms with Crippen molar-refractivity contribution in [1.82, 2.24) is 5.43 Å². The Balaban J connectivity index is 2.17. The van der Waals surface area contributed by atoms with Crippen LogP contribution in [0.5, 0.6) is 0 Å². The first kappa shape index (κ1) is 11.5. The van der Waals surface area contributed by atoms with Gasteiger partial charge in [0, 0.05) is 5.56 Å². The molecule has 0 radical (unpaired) electrons. The Labute approximate surface area is 93.8 Å². The smallest absolute Gasteiger partial charge is 0.130 e. The van der Waals surface area contributed by atoms with Crippen LogP contribution in [0.25, 0.3) is 0 Å². The molecule has 0 spiro atoms. The standard InChI is InChI=1S/C12H16F2N2/c13-9-5-2-6-10(14)12(9)11(16-15)7-8-3-1-4-8/h2,5-6,8,11,16H,1,3-4,7,15H2. The second kappa shape index (κ2) is 4.89. The first-order chi connectivity index (χ1) is 7.72. The fraction of sp³-hybridized carbons (Fsp3) is 0.500. The second-order valence-electron chi connectivity index (χ2n) is 4.39. The number of halogens is 2. The molecule has 3 N–H and O–H groups in total. The van der Waals surface area contributed by atoms with Gasteiger partial charge < -0.3 is 0 Å². The average Bonchev–Trinajstić information content (AvgIpc) is 2.19. The van der Waals surface area contributed by atoms with Crippen LogP contribution in [0.15, 0.2) is 18.2 Å². The van der Waals surface area contributed by atoms with Crippen LogP contribution in [0.4, 0.5) is 8.78 Å². The van der Waals surface area contributed by atoms with E-state index in [2.05, 4.69) is 5.43 Å². The zero-order valence-corrected chi connectivity index (χ0v) is 9.05. The van der Waals surface area contributed by atoms with E-state index in [0.29, 0.717) is 12.3 Å². The van der Waals surface area contributed by atoms with Crippen LogP contribution in [0, 0.1) is 17.6 Å². The van der Waals surface area contributed by atoms with E-state index in [1.807, 2.05) is 0 Å². The molecule has 2 nitrogen and oxygen atoms in total. The molecule has 1 fully saturated rings. The van der Waals surface area contributed by atoms with Gasteiger partial charge in [0.05, 0.1) is 6.04 Å². The Bertz CT molecular complexity index is 344. The predicted molar refractivity (Wildman–Crippen MR) is 58.4 cm³/mol. The lowest BCUT2D eigenvalue weighted by Gasteiger charge is -2.29. The Hall–Kier alpha value is -1.00. The molecule has 0 saturated heterocycles. The number of rotatable bonds is 4. The van der Waals surface area contributed by atoms with Gasteiger partial charge in [-0.25, -0.2) is 8.78 Å². The molecule has 2 rings (SSSR count). The van der Waals surface area contributed by atoms with Gasteiger partial charge in [0.1, 0.15) is 11.6 Å². The van der Waals surface area contributed by atoms with Gasteiger partial charge in [-0.1, -0.05) is 25.3 Å². The molecular weight excluding hydrogens is 210 g/mol. The lowest BCUT2D eigenvalue weighted by atomic mass is 9.79. The highest BCUT2D eigenvalue weighted by Gasteiger charge is 2.25. The molecule has 0 bridgehead atoms. The summed E-state index contributed by atoms with van der Waals surface area (Å²) in [6.45, 7) is 0. The molecule has 0 heterocycles. The van der Waals surface area contributed by atoms with Crippen LogP contribution in [0.2, 0.25) is 0 Å². The van der Waals surface area contributed by atoms with E-state index < -0.39 is 17.7 Å². The number of nitrogens with two attached hydrogens (primary N) is 1. The molecule has 1 aliphatic rings. The molecular formula is C12H16F2N2. The fourth-order valence-electron chi connectivity index (χ4n) is 2.17. The van der Waals surface area contributed by atoms with Crippen LogP contribution in [-0.4, -0.2) is 0 Å². The van der Waals surface area contributed by atoms with E-state index in [1.165, 1.54) is 24.6 Å². The Morgan fingerprint density at radius 2 is 1.94 bits per heavy atom. The van der Waals surface area contributed by atoms with E-state index in [9.17, 15) is 8.78 Å². The summed E-state index contributed by atoms with van der Waals surface area (Å²) in [7, 11) is 0. The third kappa shape index (κ3) is 2.23. The number of hydrazine groups is 1. The van der Waals surface area contributed by atoms with Gasteiger partial charge in [-0.05, 0) is 24.5 Å². The van der Waals surface area contributed by atoms with Crippen molar-refractivity contribution in [3.63, 3.8) is 0 Å². The van der Waals surface area contributed by atoms with Crippen molar-refractivity contribution in [3.05, 3.63) is 35.4 Å². The molecule has 0 amide bonds. The molecule has 1 unspecified atom stereocenters. The Kier molecular flexibility index (Phi) is 3.51. The summed E-state index contributed by atoms with van der Waals surface area (Å²) >= 11 is 0. The monoisotopic (exact) mass is 226 g/mol. The van der Waals surface area contributed by atoms with Gasteiger partial charge in [0.25, 0.3) is 0 Å². The minimum atomic E-state index is -0.526. The van der Waals surface area contributed by atoms with Crippen LogP contribution < -0.4 is 11.3 Å². The van der Waals surface area contributed by atoms with Gasteiger partial charge in [-0.2, -0.15) is 0 Å². The van der Waals surface area contributed by atoms with Crippen LogP contribution >= 0.6 is 0 Å². The summed E-state index contributed by atoms with van der Waals surface area (Å²) in [5.74, 6) is 4.88. The molecule has 0 aromatic heterocycles. The average molecular weight is 226 g/mol. The zero-order valence-electron chi connectivity index (χ0n) is 9.05. The largest absolute Gasteiger partial charge is 0.271 e. The van der Waals surface area contributed by atoms with Crippen molar-refractivity contribution in [2.24, 2.45) is 11.8 Å². The zero-order chi connectivity index (χ0) is 11.5. The van der Waals surface area contributed by atoms with Crippen molar-refractivity contribution in [3.8, 4) is 0 Å². The fourth-order valence-corrected chi connectivity index (χ4v) is 2.17. The second-order valence-corrected chi connectivity index (χ2v) is 4.39. The quantitative estimate of drug-likeness (QED) is 0.612. The van der Waals surface area contributed by atoms with Crippen LogP contribution in [0.3, 0.4) is 0 Å². The third-order valence-electron chi connectivity index (χ3n) is 3.34. The van der Waals surface area contributed by atoms with Crippen molar-refractivity contribution in [1.29, 1.82) is 0 Å². The first-order valence-electron chi connectivity index (χ1n) is 5.62. The molecule has 88 valence electrons. The van der Waals surface area contributed by atoms with Crippen molar-refractivity contribution in [2.45, 2.75) is 31.7 Å². The molecule has 16 heavy (non-hydrogen) atoms. The molecule has 0 aliphatic heterocycles. The van der Waals surface area contributed by atoms with Crippen LogP contribution in [-0.2, 0) is 0 Å². The van der Waals surface area contributed by atoms with Gasteiger partial charge in [-0.15, -0.1) is 0 Å². The highest BCUT2D eigenvalue weighted by atomic mass is 19.1. The lowest BCUT2D eigenvalue weighted by Crippen LogP contribution is -2.32. The normalized spacial score (nSPS) is 18.2. The first-order valence-corrected chi connectivity index (χ1v) is 5.62. The maximum absolute atomic E-state index is 13.5. The molecule has 1 aliphatic carbocycles. The lowest BCUT2D eigenvalue weighted by molar-refractivity contribution is 0.257. The molecule has 4 heteroatoms. The molecule has 1 aromatic rings. The van der Waals surface area contributed by atoms with Crippen molar-refractivity contribution < 1.29 is 8.78 Å². The number of benzene rings is 1. The van der Waals surface area contributed by atoms with Gasteiger partial charge in [0.15, 0.2) is 0 Å². The third-order valence-corrected chi connectivity index (χ3v) is 3.34. The predicted octanol–water partition coefficient (Wildman–Crippen LogP) is 2.66. The minimum Gasteiger partial charge on any atom is -0.271 e. The summed E-state index contributed by atoms with van der Waals surface area (Å²) in [5, 5.41) is 0. The number of hydrogen-bond donors (Lipinski definition) is 2. The minimum absolute atomic E-state index is 0.0666. The van der Waals surface area contributed by atoms with Crippen molar-refractivity contribution in [2.75, 3.05) is 0 Å². The van der Waals surface area contributed by atoms with E-state index in [1.54, 1.807) is 0 Å². The summed E-state index contributed by atoms with van der Waals surface area (Å²) < 4.78 is 27.0. The Morgan fingerprint density at radius 1 is 1.31 bits per heavy atom. The SMILES string of the molecule is NNC(CC1CCC1)c1c(F)cccc1F. The van der Waals surface area contributed by atoms with Gasteiger partial charge >= 0.3 is 0 Å². The van der Waals surface area contributed by atoms with E-state index in [0.717, 1.165) is 12.8 Å². The summed E-state index contributed by atoms with van der Waals surface area (Å²) in [6, 6.07) is 3.48. The maximum Gasteiger partial charge on any atom is 0.130 e. The molecule has 1 saturated carbocycles. The maximum atomic E-state index is 13.5. The van der Waals surface area contributed by atoms with E-state index in [4.69, 9.17) is 5.84 Å². The topological polar surface area (TPSA) is 38.0 Å². The Morgan fingerprint density at radius 3 is 2.38 bits per heavy atom. The summed E-state index contributed by atoms with van der Waals surface area (Å²) in [6.07, 6.45) is 4.18. The summed E-state index contributed by atoms with van der Waals surface area (Å²) in [5.41, 5.74) is 2.59. The van der Waals surface area contributed by atoms with E-state index >= 15 is 0 Å². The van der Waals surface area contributed by atoms with Crippen molar-refractivity contribution >= 4 is 0 Å². The number of nitrogens with one attached hydrogen (secondary N) is 1. The molecule has 1 atom stereocenters. The van der Waals surface area contributed by atoms with Gasteiger partial charge in [0.2, 0.25) is 0 Å². The van der Waals surface area contributed by atoms with Crippen LogP contribution in [0.1, 0.15) is 37.3 Å². The van der Waals surface area contributed by atoms with Gasteiger partial charge in [-0.3, -0.25) is 11.3 Å². The summed E-state index contributed by atoms with van der Waals surface area (Å²) in [4.78, 5) is 0. The highest BCUT2D eigenvalue weighted by molar-refractivity contribution is 5.23.